The van der Waals surface area contributed by atoms with Crippen molar-refractivity contribution in [3.8, 4) is 5.75 Å². The van der Waals surface area contributed by atoms with E-state index >= 15 is 0 Å². The highest BCUT2D eigenvalue weighted by Gasteiger charge is 2.13. The van der Waals surface area contributed by atoms with Gasteiger partial charge in [0.1, 0.15) is 23.7 Å². The third kappa shape index (κ3) is 2.97. The van der Waals surface area contributed by atoms with Gasteiger partial charge in [-0.05, 0) is 25.0 Å². The molecule has 0 saturated heterocycles. The summed E-state index contributed by atoms with van der Waals surface area (Å²) in [6, 6.07) is 6.02. The number of rotatable bonds is 6. The summed E-state index contributed by atoms with van der Waals surface area (Å²) in [4.78, 5) is 0. The van der Waals surface area contributed by atoms with E-state index in [1.54, 1.807) is 4.68 Å². The highest BCUT2D eigenvalue weighted by atomic mass is 16.5. The van der Waals surface area contributed by atoms with Crippen molar-refractivity contribution in [3.63, 3.8) is 0 Å². The molecule has 0 fully saturated rings. The van der Waals surface area contributed by atoms with Gasteiger partial charge in [-0.25, -0.2) is 4.68 Å². The van der Waals surface area contributed by atoms with Crippen molar-refractivity contribution >= 4 is 0 Å². The van der Waals surface area contributed by atoms with E-state index in [0.29, 0.717) is 25.4 Å². The van der Waals surface area contributed by atoms with E-state index in [2.05, 4.69) is 10.3 Å². The molecule has 0 aliphatic rings. The molecule has 0 saturated carbocycles. The third-order valence-corrected chi connectivity index (χ3v) is 3.19. The second-order valence-corrected chi connectivity index (χ2v) is 4.64. The number of nitrogens with two attached hydrogens (primary N) is 1. The summed E-state index contributed by atoms with van der Waals surface area (Å²) in [5.41, 5.74) is 9.33. The Kier molecular flexibility index (Phi) is 4.70. The molecule has 0 atom stereocenters. The van der Waals surface area contributed by atoms with Crippen LogP contribution in [0.1, 0.15) is 22.5 Å². The number of hydrogen-bond acceptors (Lipinski definition) is 5. The Balaban J connectivity index is 2.20. The first-order valence-electron chi connectivity index (χ1n) is 6.58. The van der Waals surface area contributed by atoms with Crippen molar-refractivity contribution in [1.82, 2.24) is 15.0 Å². The van der Waals surface area contributed by atoms with Gasteiger partial charge in [0.05, 0.1) is 13.2 Å². The van der Waals surface area contributed by atoms with Gasteiger partial charge < -0.3 is 15.6 Å². The summed E-state index contributed by atoms with van der Waals surface area (Å²) in [6.45, 7) is 5.05. The smallest absolute Gasteiger partial charge is 0.132 e. The van der Waals surface area contributed by atoms with Crippen LogP contribution >= 0.6 is 0 Å². The predicted molar refractivity (Wildman–Crippen MR) is 75.2 cm³/mol. The first-order valence-corrected chi connectivity index (χ1v) is 6.58. The maximum atomic E-state index is 9.04. The van der Waals surface area contributed by atoms with Crippen molar-refractivity contribution in [3.05, 3.63) is 40.7 Å². The van der Waals surface area contributed by atoms with Crippen molar-refractivity contribution in [2.45, 2.75) is 33.5 Å². The van der Waals surface area contributed by atoms with Crippen LogP contribution in [0.3, 0.4) is 0 Å². The number of aliphatic hydroxyl groups excluding tert-OH is 1. The molecule has 6 heteroatoms. The summed E-state index contributed by atoms with van der Waals surface area (Å²) in [5.74, 6) is 0.868. The molecule has 20 heavy (non-hydrogen) atoms. The van der Waals surface area contributed by atoms with Gasteiger partial charge in [0.15, 0.2) is 0 Å². The van der Waals surface area contributed by atoms with Gasteiger partial charge in [-0.3, -0.25) is 0 Å². The molecule has 1 aromatic carbocycles. The maximum absolute atomic E-state index is 9.04. The Hall–Kier alpha value is -1.92. The van der Waals surface area contributed by atoms with Crippen LogP contribution in [0.4, 0.5) is 0 Å². The lowest BCUT2D eigenvalue weighted by molar-refractivity contribution is 0.250. The minimum atomic E-state index is 0.00373. The Labute approximate surface area is 118 Å². The van der Waals surface area contributed by atoms with E-state index in [4.69, 9.17) is 15.6 Å². The number of aryl methyl sites for hydroxylation is 2. The summed E-state index contributed by atoms with van der Waals surface area (Å²) < 4.78 is 7.54. The topological polar surface area (TPSA) is 86.2 Å². The van der Waals surface area contributed by atoms with Crippen LogP contribution in [0.25, 0.3) is 0 Å². The molecule has 6 nitrogen and oxygen atoms in total. The van der Waals surface area contributed by atoms with Crippen LogP contribution in [0, 0.1) is 13.8 Å². The molecule has 0 amide bonds. The molecule has 1 heterocycles. The maximum Gasteiger partial charge on any atom is 0.132 e. The second-order valence-electron chi connectivity index (χ2n) is 4.64. The van der Waals surface area contributed by atoms with Gasteiger partial charge in [0.25, 0.3) is 0 Å². The van der Waals surface area contributed by atoms with Crippen LogP contribution in [0.2, 0.25) is 0 Å². The quantitative estimate of drug-likeness (QED) is 0.819. The lowest BCUT2D eigenvalue weighted by Gasteiger charge is -2.13. The minimum Gasteiger partial charge on any atom is -0.487 e. The molecule has 0 aliphatic carbocycles. The number of nitrogens with zero attached hydrogens (tertiary/aromatic N) is 3. The summed E-state index contributed by atoms with van der Waals surface area (Å²) >= 11 is 0. The van der Waals surface area contributed by atoms with Crippen LogP contribution in [-0.2, 0) is 19.7 Å². The van der Waals surface area contributed by atoms with E-state index in [9.17, 15) is 0 Å². The largest absolute Gasteiger partial charge is 0.487 e. The fourth-order valence-corrected chi connectivity index (χ4v) is 2.13. The number of ether oxygens (including phenoxy) is 1. The van der Waals surface area contributed by atoms with Crippen LogP contribution in [0.15, 0.2) is 18.2 Å². The van der Waals surface area contributed by atoms with Gasteiger partial charge in [-0.15, -0.1) is 5.10 Å². The monoisotopic (exact) mass is 276 g/mol. The minimum absolute atomic E-state index is 0.00373. The van der Waals surface area contributed by atoms with Crippen LogP contribution in [0.5, 0.6) is 5.75 Å². The zero-order chi connectivity index (χ0) is 14.5. The van der Waals surface area contributed by atoms with E-state index in [1.165, 1.54) is 0 Å². The van der Waals surface area contributed by atoms with Crippen molar-refractivity contribution in [2.75, 3.05) is 6.61 Å². The average Bonchev–Trinajstić information content (AvgIpc) is 2.81. The SMILES string of the molecule is Cc1cccc(C)c1OCc1c(CN)nnn1CCO. The van der Waals surface area contributed by atoms with E-state index in [-0.39, 0.29) is 6.61 Å². The molecule has 1 aromatic heterocycles. The number of benzene rings is 1. The Morgan fingerprint density at radius 1 is 1.30 bits per heavy atom. The van der Waals surface area contributed by atoms with Gasteiger partial charge >= 0.3 is 0 Å². The summed E-state index contributed by atoms with van der Waals surface area (Å²) in [7, 11) is 0. The summed E-state index contributed by atoms with van der Waals surface area (Å²) in [6.07, 6.45) is 0. The van der Waals surface area contributed by atoms with E-state index in [0.717, 1.165) is 22.6 Å². The highest BCUT2D eigenvalue weighted by molar-refractivity contribution is 5.39. The van der Waals surface area contributed by atoms with Gasteiger partial charge in [-0.1, -0.05) is 23.4 Å². The molecule has 0 unspecified atom stereocenters. The molecule has 108 valence electrons. The Morgan fingerprint density at radius 2 is 2.00 bits per heavy atom. The standard InChI is InChI=1S/C14H20N4O2/c1-10-4-3-5-11(2)14(10)20-9-13-12(8-15)16-17-18(13)6-7-19/h3-5,19H,6-9,15H2,1-2H3. The first-order chi connectivity index (χ1) is 9.67. The number of para-hydroxylation sites is 1. The van der Waals surface area contributed by atoms with E-state index in [1.807, 2.05) is 32.0 Å². The highest BCUT2D eigenvalue weighted by Crippen LogP contribution is 2.23. The number of aromatic nitrogens is 3. The average molecular weight is 276 g/mol. The molecule has 2 aromatic rings. The summed E-state index contributed by atoms with van der Waals surface area (Å²) in [5, 5.41) is 17.0. The molecular formula is C14H20N4O2. The molecule has 3 N–H and O–H groups in total. The fourth-order valence-electron chi connectivity index (χ4n) is 2.13. The molecule has 0 radical (unpaired) electrons. The normalized spacial score (nSPS) is 10.8. The fraction of sp³-hybridized carbons (Fsp3) is 0.429. The predicted octanol–water partition coefficient (Wildman–Crippen LogP) is 0.925. The zero-order valence-electron chi connectivity index (χ0n) is 11.8. The molecule has 0 bridgehead atoms. The van der Waals surface area contributed by atoms with Crippen molar-refractivity contribution < 1.29 is 9.84 Å². The lowest BCUT2D eigenvalue weighted by Crippen LogP contribution is -2.13. The molecular weight excluding hydrogens is 256 g/mol. The Bertz CT molecular complexity index is 560. The lowest BCUT2D eigenvalue weighted by atomic mass is 10.1. The first kappa shape index (κ1) is 14.5. The Morgan fingerprint density at radius 3 is 2.60 bits per heavy atom. The van der Waals surface area contributed by atoms with Crippen molar-refractivity contribution in [1.29, 1.82) is 0 Å². The van der Waals surface area contributed by atoms with Gasteiger partial charge in [-0.2, -0.15) is 0 Å². The molecule has 0 aliphatic heterocycles. The number of aliphatic hydroxyl groups is 1. The van der Waals surface area contributed by atoms with E-state index < -0.39 is 0 Å². The van der Waals surface area contributed by atoms with Crippen LogP contribution < -0.4 is 10.5 Å². The number of hydrogen-bond donors (Lipinski definition) is 2. The zero-order valence-corrected chi connectivity index (χ0v) is 11.8. The molecule has 2 rings (SSSR count). The van der Waals surface area contributed by atoms with Crippen molar-refractivity contribution in [2.24, 2.45) is 5.73 Å². The van der Waals surface area contributed by atoms with Gasteiger partial charge in [0, 0.05) is 6.54 Å². The third-order valence-electron chi connectivity index (χ3n) is 3.19. The second kappa shape index (κ2) is 6.49. The van der Waals surface area contributed by atoms with Crippen LogP contribution in [-0.4, -0.2) is 26.7 Å². The van der Waals surface area contributed by atoms with Gasteiger partial charge in [0.2, 0.25) is 0 Å². The molecule has 0 spiro atoms.